The van der Waals surface area contributed by atoms with Crippen LogP contribution >= 0.6 is 34.8 Å². The van der Waals surface area contributed by atoms with Crippen LogP contribution in [0, 0.1) is 0 Å². The first kappa shape index (κ1) is 12.5. The van der Waals surface area contributed by atoms with E-state index in [-0.39, 0.29) is 9.08 Å². The zero-order valence-electron chi connectivity index (χ0n) is 9.59. The van der Waals surface area contributed by atoms with Crippen LogP contribution in [0.5, 0.6) is 0 Å². The maximum atomic E-state index is 5.51. The maximum Gasteiger partial charge on any atom is 0.173 e. The molecule has 0 radical (unpaired) electrons. The Bertz CT molecular complexity index is 215. The van der Waals surface area contributed by atoms with E-state index in [1.165, 1.54) is 0 Å². The van der Waals surface area contributed by atoms with Crippen molar-refractivity contribution in [3.8, 4) is 0 Å². The van der Waals surface area contributed by atoms with Crippen molar-refractivity contribution in [3.05, 3.63) is 0 Å². The minimum absolute atomic E-state index is 0.120. The van der Waals surface area contributed by atoms with E-state index in [9.17, 15) is 0 Å². The molecule has 0 spiro atoms. The summed E-state index contributed by atoms with van der Waals surface area (Å²) in [7, 11) is 0. The van der Waals surface area contributed by atoms with Crippen molar-refractivity contribution < 1.29 is 0 Å². The topological polar surface area (TPSA) is 6.48 Å². The van der Waals surface area contributed by atoms with Gasteiger partial charge >= 0.3 is 0 Å². The molecule has 0 aromatic rings. The Kier molecular flexibility index (Phi) is 3.37. The highest BCUT2D eigenvalue weighted by atomic mass is 127. The second-order valence-electron chi connectivity index (χ2n) is 5.17. The van der Waals surface area contributed by atoms with Crippen molar-refractivity contribution in [2.45, 2.75) is 43.7 Å². The van der Waals surface area contributed by atoms with Crippen molar-refractivity contribution in [1.82, 2.24) is 9.80 Å². The standard InChI is InChI=1S/C10H19IN2S/c1-9(2,3)12-6-7-13(8(12)14)10(4,5)11/h6-7H2,1-5H3. The number of halogens is 1. The molecule has 14 heavy (non-hydrogen) atoms. The first-order valence-electron chi connectivity index (χ1n) is 4.92. The molecule has 1 fully saturated rings. The Balaban J connectivity index is 2.80. The molecule has 0 atom stereocenters. The van der Waals surface area contributed by atoms with Crippen molar-refractivity contribution in [2.24, 2.45) is 0 Å². The molecular formula is C10H19IN2S. The van der Waals surface area contributed by atoms with E-state index >= 15 is 0 Å². The number of hydrogen-bond donors (Lipinski definition) is 0. The average Bonchev–Trinajstić information content (AvgIpc) is 2.26. The van der Waals surface area contributed by atoms with Gasteiger partial charge in [-0.2, -0.15) is 0 Å². The largest absolute Gasteiger partial charge is 0.342 e. The number of nitrogens with zero attached hydrogens (tertiary/aromatic N) is 2. The lowest BCUT2D eigenvalue weighted by Crippen LogP contribution is -2.47. The molecule has 82 valence electrons. The van der Waals surface area contributed by atoms with Gasteiger partial charge in [-0.1, -0.05) is 22.6 Å². The SMILES string of the molecule is CC(C)(C)N1CCN(C(C)(C)I)C1=S. The molecule has 0 amide bonds. The molecule has 0 aliphatic carbocycles. The molecule has 1 aliphatic heterocycles. The number of rotatable bonds is 1. The van der Waals surface area contributed by atoms with Gasteiger partial charge in [-0.25, -0.2) is 0 Å². The van der Waals surface area contributed by atoms with Crippen molar-refractivity contribution >= 4 is 39.9 Å². The summed E-state index contributed by atoms with van der Waals surface area (Å²) >= 11 is 7.95. The van der Waals surface area contributed by atoms with Crippen LogP contribution in [0.25, 0.3) is 0 Å². The van der Waals surface area contributed by atoms with Crippen LogP contribution in [0.15, 0.2) is 0 Å². The lowest BCUT2D eigenvalue weighted by atomic mass is 10.1. The smallest absolute Gasteiger partial charge is 0.173 e. The summed E-state index contributed by atoms with van der Waals surface area (Å²) in [6.07, 6.45) is 0. The zero-order chi connectivity index (χ0) is 11.1. The van der Waals surface area contributed by atoms with Crippen LogP contribution in [0.1, 0.15) is 34.6 Å². The van der Waals surface area contributed by atoms with Gasteiger partial charge in [0.1, 0.15) is 0 Å². The molecule has 1 rings (SSSR count). The molecule has 1 heterocycles. The number of hydrogen-bond acceptors (Lipinski definition) is 1. The van der Waals surface area contributed by atoms with Gasteiger partial charge in [-0.3, -0.25) is 0 Å². The molecule has 1 saturated heterocycles. The molecule has 0 aromatic carbocycles. The van der Waals surface area contributed by atoms with Crippen LogP contribution in [0.3, 0.4) is 0 Å². The van der Waals surface area contributed by atoms with Gasteiger partial charge in [-0.15, -0.1) is 0 Å². The van der Waals surface area contributed by atoms with Crippen LogP contribution in [0.4, 0.5) is 0 Å². The molecular weight excluding hydrogens is 307 g/mol. The zero-order valence-corrected chi connectivity index (χ0v) is 12.6. The highest BCUT2D eigenvalue weighted by Crippen LogP contribution is 2.30. The summed E-state index contributed by atoms with van der Waals surface area (Å²) in [6.45, 7) is 13.1. The second-order valence-corrected chi connectivity index (χ2v) is 8.17. The van der Waals surface area contributed by atoms with Crippen LogP contribution in [-0.4, -0.2) is 37.1 Å². The Morgan fingerprint density at radius 3 is 1.71 bits per heavy atom. The molecule has 0 aromatic heterocycles. The number of alkyl halides is 1. The predicted molar refractivity (Wildman–Crippen MR) is 73.9 cm³/mol. The first-order chi connectivity index (χ1) is 6.14. The molecule has 1 aliphatic rings. The van der Waals surface area contributed by atoms with Crippen LogP contribution in [-0.2, 0) is 0 Å². The van der Waals surface area contributed by atoms with Gasteiger partial charge in [-0.05, 0) is 46.8 Å². The van der Waals surface area contributed by atoms with E-state index < -0.39 is 0 Å². The van der Waals surface area contributed by atoms with E-state index in [1.807, 2.05) is 0 Å². The molecule has 0 unspecified atom stereocenters. The maximum absolute atomic E-state index is 5.51. The summed E-state index contributed by atoms with van der Waals surface area (Å²) < 4.78 is 0.120. The quantitative estimate of drug-likeness (QED) is 0.317. The summed E-state index contributed by atoms with van der Waals surface area (Å²) in [5.74, 6) is 0. The highest BCUT2D eigenvalue weighted by Gasteiger charge is 2.38. The van der Waals surface area contributed by atoms with E-state index in [1.54, 1.807) is 0 Å². The Morgan fingerprint density at radius 1 is 1.07 bits per heavy atom. The van der Waals surface area contributed by atoms with Crippen molar-refractivity contribution in [1.29, 1.82) is 0 Å². The summed E-state index contributed by atoms with van der Waals surface area (Å²) in [5.41, 5.74) is 0.147. The lowest BCUT2D eigenvalue weighted by molar-refractivity contribution is 0.263. The van der Waals surface area contributed by atoms with Gasteiger partial charge in [0.2, 0.25) is 0 Å². The van der Waals surface area contributed by atoms with Crippen LogP contribution < -0.4 is 0 Å². The molecule has 2 nitrogen and oxygen atoms in total. The van der Waals surface area contributed by atoms with Gasteiger partial charge in [0.05, 0.1) is 3.55 Å². The van der Waals surface area contributed by atoms with Crippen molar-refractivity contribution in [2.75, 3.05) is 13.1 Å². The third-order valence-electron chi connectivity index (χ3n) is 2.46. The summed E-state index contributed by atoms with van der Waals surface area (Å²) in [4.78, 5) is 4.61. The Labute approximate surface area is 106 Å². The van der Waals surface area contributed by atoms with E-state index in [2.05, 4.69) is 67.0 Å². The fourth-order valence-electron chi connectivity index (χ4n) is 1.65. The average molecular weight is 326 g/mol. The lowest BCUT2D eigenvalue weighted by Gasteiger charge is -2.37. The second kappa shape index (κ2) is 3.77. The Morgan fingerprint density at radius 2 is 1.50 bits per heavy atom. The normalized spacial score (nSPS) is 19.4. The van der Waals surface area contributed by atoms with E-state index in [0.717, 1.165) is 18.2 Å². The van der Waals surface area contributed by atoms with Gasteiger partial charge in [0.25, 0.3) is 0 Å². The monoisotopic (exact) mass is 326 g/mol. The third-order valence-corrected chi connectivity index (χ3v) is 3.48. The van der Waals surface area contributed by atoms with E-state index in [4.69, 9.17) is 12.2 Å². The molecule has 0 bridgehead atoms. The van der Waals surface area contributed by atoms with Gasteiger partial charge < -0.3 is 9.80 Å². The predicted octanol–water partition coefficient (Wildman–Crippen LogP) is 2.86. The minimum Gasteiger partial charge on any atom is -0.342 e. The Hall–Kier alpha value is 0.420. The fourth-order valence-corrected chi connectivity index (χ4v) is 2.97. The van der Waals surface area contributed by atoms with E-state index in [0.29, 0.717) is 0 Å². The minimum atomic E-state index is 0.120. The summed E-state index contributed by atoms with van der Waals surface area (Å²) in [5, 5.41) is 0.997. The highest BCUT2D eigenvalue weighted by molar-refractivity contribution is 14.1. The van der Waals surface area contributed by atoms with Gasteiger partial charge in [0, 0.05) is 18.6 Å². The summed E-state index contributed by atoms with van der Waals surface area (Å²) in [6, 6.07) is 0. The van der Waals surface area contributed by atoms with Crippen molar-refractivity contribution in [3.63, 3.8) is 0 Å². The molecule has 0 N–H and O–H groups in total. The molecule has 4 heteroatoms. The van der Waals surface area contributed by atoms with Crippen LogP contribution in [0.2, 0.25) is 0 Å². The third kappa shape index (κ3) is 2.51. The molecule has 0 saturated carbocycles. The first-order valence-corrected chi connectivity index (χ1v) is 6.41. The van der Waals surface area contributed by atoms with Gasteiger partial charge in [0.15, 0.2) is 5.11 Å². The number of thiocarbonyl (C=S) groups is 1. The fraction of sp³-hybridized carbons (Fsp3) is 0.900.